The number of anilines is 1. The number of carbonyl (C=O) groups excluding carboxylic acids is 1. The molecule has 0 aromatic heterocycles. The molecular formula is C19H24N2O7S. The summed E-state index contributed by atoms with van der Waals surface area (Å²) in [7, 11) is 1.82. The van der Waals surface area contributed by atoms with E-state index in [2.05, 4.69) is 10.0 Å². The molecule has 0 saturated carbocycles. The number of methoxy groups -OCH3 is 4. The Morgan fingerprint density at radius 2 is 1.48 bits per heavy atom. The maximum absolute atomic E-state index is 12.7. The van der Waals surface area contributed by atoms with Gasteiger partial charge in [0.1, 0.15) is 11.5 Å². The fourth-order valence-corrected chi connectivity index (χ4v) is 3.71. The fourth-order valence-electron chi connectivity index (χ4n) is 2.49. The van der Waals surface area contributed by atoms with Gasteiger partial charge >= 0.3 is 0 Å². The van der Waals surface area contributed by atoms with Gasteiger partial charge in [0, 0.05) is 12.1 Å². The van der Waals surface area contributed by atoms with Crippen LogP contribution in [0.2, 0.25) is 0 Å². The Labute approximate surface area is 170 Å². The van der Waals surface area contributed by atoms with Crippen molar-refractivity contribution in [2.24, 2.45) is 0 Å². The van der Waals surface area contributed by atoms with Crippen LogP contribution in [0.3, 0.4) is 0 Å². The Balaban J connectivity index is 2.18. The second kappa shape index (κ2) is 9.48. The fraction of sp³-hybridized carbons (Fsp3) is 0.316. The molecule has 0 bridgehead atoms. The van der Waals surface area contributed by atoms with E-state index in [1.54, 1.807) is 18.2 Å². The lowest BCUT2D eigenvalue weighted by Gasteiger charge is -2.17. The summed E-state index contributed by atoms with van der Waals surface area (Å²) in [6.45, 7) is 1.43. The Kier molecular flexibility index (Phi) is 7.29. The first-order valence-electron chi connectivity index (χ1n) is 8.53. The summed E-state index contributed by atoms with van der Waals surface area (Å²) in [5, 5.41) is 2.64. The second-order valence-corrected chi connectivity index (χ2v) is 7.63. The lowest BCUT2D eigenvalue weighted by atomic mass is 10.2. The topological polar surface area (TPSA) is 112 Å². The molecule has 1 unspecified atom stereocenters. The van der Waals surface area contributed by atoms with Crippen molar-refractivity contribution in [3.63, 3.8) is 0 Å². The standard InChI is InChI=1S/C19H24N2O7S/c1-12(19(22)20-15-10-13(25-2)6-8-16(15)26-3)21-29(23,24)14-7-9-17(27-4)18(11-14)28-5/h6-12,21H,1-5H3,(H,20,22). The number of sulfonamides is 1. The molecule has 0 aliphatic heterocycles. The molecule has 2 rings (SSSR count). The van der Waals surface area contributed by atoms with Gasteiger partial charge < -0.3 is 24.3 Å². The Morgan fingerprint density at radius 3 is 2.07 bits per heavy atom. The maximum Gasteiger partial charge on any atom is 0.242 e. The SMILES string of the molecule is COc1ccc(OC)c(NC(=O)C(C)NS(=O)(=O)c2ccc(OC)c(OC)c2)c1. The highest BCUT2D eigenvalue weighted by atomic mass is 32.2. The van der Waals surface area contributed by atoms with Crippen molar-refractivity contribution >= 4 is 21.6 Å². The van der Waals surface area contributed by atoms with Crippen LogP contribution in [0.15, 0.2) is 41.3 Å². The molecule has 0 radical (unpaired) electrons. The highest BCUT2D eigenvalue weighted by molar-refractivity contribution is 7.89. The first-order chi connectivity index (χ1) is 13.7. The van der Waals surface area contributed by atoms with Crippen LogP contribution >= 0.6 is 0 Å². The van der Waals surface area contributed by atoms with Crippen molar-refractivity contribution in [1.82, 2.24) is 4.72 Å². The van der Waals surface area contributed by atoms with Gasteiger partial charge in [0.05, 0.1) is 45.1 Å². The minimum absolute atomic E-state index is 0.0613. The lowest BCUT2D eigenvalue weighted by Crippen LogP contribution is -2.41. The molecule has 10 heteroatoms. The average Bonchev–Trinajstić information content (AvgIpc) is 2.72. The van der Waals surface area contributed by atoms with E-state index in [0.29, 0.717) is 22.9 Å². The highest BCUT2D eigenvalue weighted by Gasteiger charge is 2.24. The van der Waals surface area contributed by atoms with Crippen molar-refractivity contribution < 1.29 is 32.2 Å². The van der Waals surface area contributed by atoms with Crippen LogP contribution in [0.5, 0.6) is 23.0 Å². The number of carbonyl (C=O) groups is 1. The molecule has 2 aromatic carbocycles. The molecule has 0 heterocycles. The van der Waals surface area contributed by atoms with Gasteiger partial charge in [-0.1, -0.05) is 0 Å². The first kappa shape index (κ1) is 22.3. The molecule has 0 aliphatic carbocycles. The summed E-state index contributed by atoms with van der Waals surface area (Å²) in [6, 6.07) is 7.97. The van der Waals surface area contributed by atoms with Crippen LogP contribution in [-0.4, -0.2) is 48.8 Å². The van der Waals surface area contributed by atoms with E-state index in [-0.39, 0.29) is 10.6 Å². The van der Waals surface area contributed by atoms with Crippen LogP contribution in [0.4, 0.5) is 5.69 Å². The predicted molar refractivity (Wildman–Crippen MR) is 108 cm³/mol. The van der Waals surface area contributed by atoms with Gasteiger partial charge in [0.15, 0.2) is 11.5 Å². The van der Waals surface area contributed by atoms with Gasteiger partial charge in [0.25, 0.3) is 0 Å². The summed E-state index contributed by atoms with van der Waals surface area (Å²) in [4.78, 5) is 12.5. The predicted octanol–water partition coefficient (Wildman–Crippen LogP) is 2.03. The van der Waals surface area contributed by atoms with Crippen molar-refractivity contribution in [2.75, 3.05) is 33.8 Å². The minimum atomic E-state index is -3.99. The average molecular weight is 424 g/mol. The summed E-state index contributed by atoms with van der Waals surface area (Å²) in [5.41, 5.74) is 0.356. The van der Waals surface area contributed by atoms with Crippen LogP contribution in [-0.2, 0) is 14.8 Å². The molecule has 9 nitrogen and oxygen atoms in total. The quantitative estimate of drug-likeness (QED) is 0.633. The minimum Gasteiger partial charge on any atom is -0.497 e. The van der Waals surface area contributed by atoms with E-state index in [1.807, 2.05) is 0 Å². The van der Waals surface area contributed by atoms with E-state index in [4.69, 9.17) is 18.9 Å². The van der Waals surface area contributed by atoms with E-state index in [9.17, 15) is 13.2 Å². The zero-order chi connectivity index (χ0) is 21.6. The Hall–Kier alpha value is -2.98. The third-order valence-corrected chi connectivity index (χ3v) is 5.59. The molecular weight excluding hydrogens is 400 g/mol. The lowest BCUT2D eigenvalue weighted by molar-refractivity contribution is -0.117. The van der Waals surface area contributed by atoms with E-state index < -0.39 is 22.0 Å². The summed E-state index contributed by atoms with van der Waals surface area (Å²) in [6.07, 6.45) is 0. The van der Waals surface area contributed by atoms with Gasteiger partial charge in [-0.15, -0.1) is 0 Å². The number of hydrogen-bond donors (Lipinski definition) is 2. The van der Waals surface area contributed by atoms with Crippen LogP contribution in [0.25, 0.3) is 0 Å². The van der Waals surface area contributed by atoms with Gasteiger partial charge in [-0.05, 0) is 31.2 Å². The van der Waals surface area contributed by atoms with Crippen molar-refractivity contribution in [1.29, 1.82) is 0 Å². The third-order valence-electron chi connectivity index (χ3n) is 4.06. The van der Waals surface area contributed by atoms with Crippen LogP contribution in [0.1, 0.15) is 6.92 Å². The molecule has 2 N–H and O–H groups in total. The van der Waals surface area contributed by atoms with Crippen molar-refractivity contribution in [3.05, 3.63) is 36.4 Å². The molecule has 0 fully saturated rings. The molecule has 1 atom stereocenters. The number of amides is 1. The van der Waals surface area contributed by atoms with E-state index >= 15 is 0 Å². The maximum atomic E-state index is 12.7. The smallest absolute Gasteiger partial charge is 0.242 e. The van der Waals surface area contributed by atoms with Crippen molar-refractivity contribution in [3.8, 4) is 23.0 Å². The molecule has 0 spiro atoms. The Morgan fingerprint density at radius 1 is 0.862 bits per heavy atom. The molecule has 0 aliphatic rings. The zero-order valence-corrected chi connectivity index (χ0v) is 17.6. The van der Waals surface area contributed by atoms with E-state index in [1.165, 1.54) is 53.6 Å². The molecule has 158 valence electrons. The van der Waals surface area contributed by atoms with Gasteiger partial charge in [0.2, 0.25) is 15.9 Å². The summed E-state index contributed by atoms with van der Waals surface area (Å²) >= 11 is 0. The second-order valence-electron chi connectivity index (χ2n) is 5.92. The zero-order valence-electron chi connectivity index (χ0n) is 16.8. The number of ether oxygens (including phenoxy) is 4. The van der Waals surface area contributed by atoms with Crippen molar-refractivity contribution in [2.45, 2.75) is 17.9 Å². The number of benzene rings is 2. The number of rotatable bonds is 9. The van der Waals surface area contributed by atoms with Crippen LogP contribution in [0, 0.1) is 0 Å². The van der Waals surface area contributed by atoms with Gasteiger partial charge in [-0.25, -0.2) is 8.42 Å². The normalized spacial score (nSPS) is 12.0. The number of nitrogens with one attached hydrogen (secondary N) is 2. The van der Waals surface area contributed by atoms with E-state index in [0.717, 1.165) is 0 Å². The van der Waals surface area contributed by atoms with Gasteiger partial charge in [-0.2, -0.15) is 4.72 Å². The molecule has 29 heavy (non-hydrogen) atoms. The summed E-state index contributed by atoms with van der Waals surface area (Å²) in [5.74, 6) is 1.00. The third kappa shape index (κ3) is 5.30. The summed E-state index contributed by atoms with van der Waals surface area (Å²) < 4.78 is 48.2. The number of hydrogen-bond acceptors (Lipinski definition) is 7. The molecule has 2 aromatic rings. The molecule has 1 amide bonds. The first-order valence-corrected chi connectivity index (χ1v) is 10.0. The van der Waals surface area contributed by atoms with Gasteiger partial charge in [-0.3, -0.25) is 4.79 Å². The highest BCUT2D eigenvalue weighted by Crippen LogP contribution is 2.30. The molecule has 0 saturated heterocycles. The largest absolute Gasteiger partial charge is 0.497 e. The Bertz CT molecular complexity index is 977. The monoisotopic (exact) mass is 424 g/mol. The van der Waals surface area contributed by atoms with Crippen LogP contribution < -0.4 is 29.0 Å².